The van der Waals surface area contributed by atoms with Gasteiger partial charge in [-0.25, -0.2) is 56.5 Å². The molecule has 0 rings (SSSR count). The van der Waals surface area contributed by atoms with Crippen LogP contribution in [-0.4, -0.2) is 198 Å². The number of carbonyl (C=O) groups excluding carboxylic acids is 6. The molecule has 572 valence electrons. The SMILES string of the molecule is C=CC(=O)OCC(F)(F)COCC(C(F)(F)OC(F)(F)C(F)(F)COC(=O)C=C)(C(F)(F)OC(F)(F)C(F)(F)COC(=O)C=C)C(F)(F)OC(F)(F)C(COC(F)(F)C(F)(F)COC(=O)C=C)(C(F)(F)OC(F)(F)C(F)(F)COC(=O)C=C)C(F)(F)OC(F)(F)C(F)(F)COC(=O)C=C. The fraction of sp³-hybridized carbons (Fsp3) is 0.609. The summed E-state index contributed by atoms with van der Waals surface area (Å²) in [4.78, 5) is 68.1. The molecule has 0 amide bonds. The van der Waals surface area contributed by atoms with Crippen LogP contribution in [0.2, 0.25) is 0 Å². The molecule has 0 aliphatic carbocycles. The monoisotopic (exact) mass is 1540 g/mol. The number of esters is 6. The van der Waals surface area contributed by atoms with Crippen LogP contribution >= 0.6 is 0 Å². The molecule has 0 aromatic heterocycles. The third-order valence-corrected chi connectivity index (χ3v) is 10.9. The lowest BCUT2D eigenvalue weighted by molar-refractivity contribution is -0.600. The summed E-state index contributed by atoms with van der Waals surface area (Å²) in [6.45, 7) is -23.2. The first-order valence-electron chi connectivity index (χ1n) is 23.8. The van der Waals surface area contributed by atoms with Crippen molar-refractivity contribution in [3.05, 3.63) is 75.9 Å². The van der Waals surface area contributed by atoms with Gasteiger partial charge in [0.25, 0.3) is 10.8 Å². The van der Waals surface area contributed by atoms with Gasteiger partial charge in [-0.3, -0.25) is 4.74 Å². The quantitative estimate of drug-likeness (QED) is 0.0239. The van der Waals surface area contributed by atoms with Crippen molar-refractivity contribution in [1.29, 1.82) is 0 Å². The van der Waals surface area contributed by atoms with Crippen molar-refractivity contribution in [3.63, 3.8) is 0 Å². The molecular formula is C46H36F34O19. The van der Waals surface area contributed by atoms with Gasteiger partial charge >= 0.3 is 139 Å². The van der Waals surface area contributed by atoms with Gasteiger partial charge in [0, 0.05) is 36.5 Å². The molecule has 0 aliphatic heterocycles. The Labute approximate surface area is 524 Å². The van der Waals surface area contributed by atoms with Crippen molar-refractivity contribution in [2.45, 2.75) is 103 Å². The first-order chi connectivity index (χ1) is 43.9. The highest BCUT2D eigenvalue weighted by Crippen LogP contribution is 2.68. The third-order valence-electron chi connectivity index (χ3n) is 10.9. The minimum Gasteiger partial charge on any atom is -0.456 e. The van der Waals surface area contributed by atoms with E-state index in [1.165, 1.54) is 0 Å². The molecule has 0 unspecified atom stereocenters. The number of hydrogen-bond donors (Lipinski definition) is 0. The molecule has 0 radical (unpaired) electrons. The van der Waals surface area contributed by atoms with E-state index < -0.39 is 239 Å². The number of hydrogen-bond acceptors (Lipinski definition) is 19. The van der Waals surface area contributed by atoms with Gasteiger partial charge in [0.2, 0.25) is 0 Å². The molecule has 0 saturated heterocycles. The van der Waals surface area contributed by atoms with E-state index in [2.05, 4.69) is 77.4 Å². The molecule has 0 aromatic rings. The normalized spacial score (nSPS) is 14.5. The molecule has 0 aromatic carbocycles. The number of halogens is 34. The molecular weight excluding hydrogens is 1500 g/mol. The van der Waals surface area contributed by atoms with Crippen molar-refractivity contribution in [1.82, 2.24) is 0 Å². The maximum absolute atomic E-state index is 17.4. The highest BCUT2D eigenvalue weighted by molar-refractivity contribution is 5.83. The molecule has 99 heavy (non-hydrogen) atoms. The van der Waals surface area contributed by atoms with E-state index in [-0.39, 0.29) is 6.08 Å². The second-order valence-corrected chi connectivity index (χ2v) is 18.0. The molecule has 0 spiro atoms. The summed E-state index contributed by atoms with van der Waals surface area (Å²) in [5.41, 5.74) is -19.1. The van der Waals surface area contributed by atoms with E-state index in [4.69, 9.17) is 0 Å². The van der Waals surface area contributed by atoms with Gasteiger partial charge in [0.05, 0.1) is 13.2 Å². The Bertz CT molecular complexity index is 2790. The first-order valence-corrected chi connectivity index (χ1v) is 23.8. The second kappa shape index (κ2) is 31.2. The van der Waals surface area contributed by atoms with Crippen LogP contribution in [0.3, 0.4) is 0 Å². The van der Waals surface area contributed by atoms with Crippen molar-refractivity contribution in [3.8, 4) is 0 Å². The molecule has 0 saturated carbocycles. The summed E-state index contributed by atoms with van der Waals surface area (Å²) in [5.74, 6) is -57.6. The third kappa shape index (κ3) is 20.9. The van der Waals surface area contributed by atoms with E-state index in [1.807, 2.05) is 0 Å². The zero-order valence-electron chi connectivity index (χ0n) is 47.2. The highest BCUT2D eigenvalue weighted by Gasteiger charge is 2.93. The smallest absolute Gasteiger partial charge is 0.427 e. The lowest BCUT2D eigenvalue weighted by Crippen LogP contribution is -2.76. The molecule has 53 heteroatoms. The van der Waals surface area contributed by atoms with E-state index in [1.54, 1.807) is 23.7 Å². The molecule has 0 atom stereocenters. The molecule has 0 bridgehead atoms. The summed E-state index contributed by atoms with van der Waals surface area (Å²) < 4.78 is 571. The van der Waals surface area contributed by atoms with Gasteiger partial charge in [-0.1, -0.05) is 39.5 Å². The van der Waals surface area contributed by atoms with E-state index in [0.29, 0.717) is 0 Å². The summed E-state index contributed by atoms with van der Waals surface area (Å²) >= 11 is 0. The average Bonchev–Trinajstić information content (AvgIpc) is 0.688. The van der Waals surface area contributed by atoms with E-state index in [0.717, 1.165) is 0 Å². The number of ether oxygens (including phenoxy) is 13. The Hall–Kier alpha value is -7.40. The van der Waals surface area contributed by atoms with Gasteiger partial charge in [-0.15, -0.1) is 0 Å². The number of alkyl halides is 34. The summed E-state index contributed by atoms with van der Waals surface area (Å²) in [7, 11) is 0. The van der Waals surface area contributed by atoms with Crippen LogP contribution in [-0.2, 0) is 90.3 Å². The van der Waals surface area contributed by atoms with Gasteiger partial charge in [0.1, 0.15) is 6.61 Å². The van der Waals surface area contributed by atoms with Crippen molar-refractivity contribution in [2.24, 2.45) is 10.8 Å². The lowest BCUT2D eigenvalue weighted by atomic mass is 9.81. The van der Waals surface area contributed by atoms with Gasteiger partial charge in [-0.2, -0.15) is 140 Å². The predicted molar refractivity (Wildman–Crippen MR) is 238 cm³/mol. The Morgan fingerprint density at radius 2 is 0.394 bits per heavy atom. The Morgan fingerprint density at radius 1 is 0.222 bits per heavy atom. The van der Waals surface area contributed by atoms with Crippen molar-refractivity contribution in [2.75, 3.05) is 59.5 Å². The lowest BCUT2D eigenvalue weighted by Gasteiger charge is -2.51. The van der Waals surface area contributed by atoms with Gasteiger partial charge in [0.15, 0.2) is 39.6 Å². The van der Waals surface area contributed by atoms with Crippen LogP contribution in [0.15, 0.2) is 75.9 Å². The summed E-state index contributed by atoms with van der Waals surface area (Å²) in [6.07, 6.45) is -102. The van der Waals surface area contributed by atoms with Crippen LogP contribution in [0.25, 0.3) is 0 Å². The van der Waals surface area contributed by atoms with Gasteiger partial charge in [-0.05, 0) is 0 Å². The molecule has 19 nitrogen and oxygen atoms in total. The Morgan fingerprint density at radius 3 is 0.596 bits per heavy atom. The number of rotatable bonds is 46. The minimum absolute atomic E-state index is 0.207. The maximum atomic E-state index is 17.4. The van der Waals surface area contributed by atoms with Gasteiger partial charge < -0.3 is 37.9 Å². The van der Waals surface area contributed by atoms with Crippen molar-refractivity contribution < 1.29 is 240 Å². The zero-order valence-corrected chi connectivity index (χ0v) is 47.2. The fourth-order valence-corrected chi connectivity index (χ4v) is 5.61. The standard InChI is InChI=1S/C46H36F34O19/c1-7-22(81)88-14-28(47,48)13-87-15-29(37(61,62)96-43(73,74)32(51,52)18-90-24(83)9-3,38(63,64)97-44(75,76)33(53,54)19-91-25(84)10-4)36(59,60)95-39(65,66)30(16-94-42(71,72)31(49,50)17-89-23(82)8-2,40(67,68)98-45(77,78)34(55,56)20-92-26(85)11-5)41(69,70)99-46(79,80)35(57,58)21-93-27(86)12-6/h7-12H,1-6,13-21H2. The largest absolute Gasteiger partial charge is 0.456 e. The van der Waals surface area contributed by atoms with E-state index in [9.17, 15) is 81.5 Å². The van der Waals surface area contributed by atoms with Crippen LogP contribution in [0.5, 0.6) is 0 Å². The predicted octanol–water partition coefficient (Wildman–Crippen LogP) is 11.8. The highest BCUT2D eigenvalue weighted by atomic mass is 19.4. The summed E-state index contributed by atoms with van der Waals surface area (Å²) in [6, 6.07) is 0. The molecule has 0 fully saturated rings. The van der Waals surface area contributed by atoms with Crippen LogP contribution in [0.1, 0.15) is 0 Å². The summed E-state index contributed by atoms with van der Waals surface area (Å²) in [5, 5.41) is 0. The van der Waals surface area contributed by atoms with Crippen LogP contribution in [0, 0.1) is 10.8 Å². The van der Waals surface area contributed by atoms with Crippen LogP contribution in [0.4, 0.5) is 149 Å². The first kappa shape index (κ1) is 91.6. The number of carbonyl (C=O) groups is 6. The van der Waals surface area contributed by atoms with Crippen molar-refractivity contribution >= 4 is 35.8 Å². The fourth-order valence-electron chi connectivity index (χ4n) is 5.61. The molecule has 0 heterocycles. The minimum atomic E-state index is -10.1. The Kier molecular flexibility index (Phi) is 28.9. The van der Waals surface area contributed by atoms with E-state index >= 15 is 96.6 Å². The zero-order chi connectivity index (χ0) is 78.8. The Balaban J connectivity index is 10.7. The van der Waals surface area contributed by atoms with Crippen LogP contribution < -0.4 is 0 Å². The average molecular weight is 1540 g/mol. The second-order valence-electron chi connectivity index (χ2n) is 18.0. The topological polar surface area (TPSA) is 222 Å². The molecule has 0 aliphatic rings. The molecule has 0 N–H and O–H groups in total. The maximum Gasteiger partial charge on any atom is 0.427 e.